The maximum atomic E-state index is 13.9. The highest BCUT2D eigenvalue weighted by Crippen LogP contribution is 2.28. The van der Waals surface area contributed by atoms with Gasteiger partial charge in [0, 0.05) is 12.5 Å². The van der Waals surface area contributed by atoms with Crippen LogP contribution < -0.4 is 11.1 Å². The maximum Gasteiger partial charge on any atom is 0.320 e. The Morgan fingerprint density at radius 1 is 1.67 bits per heavy atom. The number of hydrogen-bond acceptors (Lipinski definition) is 5. The van der Waals surface area contributed by atoms with E-state index in [9.17, 15) is 14.3 Å². The Morgan fingerprint density at radius 2 is 2.33 bits per heavy atom. The molecular formula is C10H18FN3O4. The first-order chi connectivity index (χ1) is 8.45. The third kappa shape index (κ3) is 2.16. The van der Waals surface area contributed by atoms with E-state index < -0.39 is 43.4 Å². The molecule has 0 radical (unpaired) electrons. The summed E-state index contributed by atoms with van der Waals surface area (Å²) in [5, 5.41) is 21.0. The molecule has 2 aliphatic rings. The van der Waals surface area contributed by atoms with Crippen LogP contribution >= 0.6 is 0 Å². The highest BCUT2D eigenvalue weighted by atomic mass is 18.2. The Bertz CT molecular complexity index is 332. The predicted molar refractivity (Wildman–Crippen MR) is 59.0 cm³/mol. The molecule has 0 unspecified atom stereocenters. The molecule has 2 heterocycles. The van der Waals surface area contributed by atoms with Gasteiger partial charge in [0.25, 0.3) is 0 Å². The molecule has 2 aliphatic heterocycles. The van der Waals surface area contributed by atoms with Crippen LogP contribution in [-0.2, 0) is 4.74 Å². The molecule has 7 nitrogen and oxygen atoms in total. The molecule has 0 aliphatic carbocycles. The van der Waals surface area contributed by atoms with Gasteiger partial charge in [0.15, 0.2) is 12.4 Å². The second kappa shape index (κ2) is 4.96. The van der Waals surface area contributed by atoms with Crippen molar-refractivity contribution in [1.82, 2.24) is 10.2 Å². The number of ether oxygens (including phenoxy) is 1. The quantitative estimate of drug-likeness (QED) is 0.477. The van der Waals surface area contributed by atoms with Gasteiger partial charge in [0.2, 0.25) is 0 Å². The van der Waals surface area contributed by atoms with Crippen molar-refractivity contribution >= 4 is 6.03 Å². The minimum absolute atomic E-state index is 0.0659. The van der Waals surface area contributed by atoms with Crippen LogP contribution in [0.2, 0.25) is 0 Å². The van der Waals surface area contributed by atoms with Gasteiger partial charge in [-0.3, -0.25) is 4.90 Å². The molecule has 2 fully saturated rings. The zero-order chi connectivity index (χ0) is 13.4. The Kier molecular flexibility index (Phi) is 3.71. The number of aliphatic hydroxyl groups excluding tert-OH is 2. The lowest BCUT2D eigenvalue weighted by Gasteiger charge is -2.39. The molecule has 18 heavy (non-hydrogen) atoms. The van der Waals surface area contributed by atoms with Crippen LogP contribution in [0.4, 0.5) is 9.18 Å². The van der Waals surface area contributed by atoms with Crippen LogP contribution in [0, 0.1) is 5.92 Å². The summed E-state index contributed by atoms with van der Waals surface area (Å²) in [5.41, 5.74) is 5.66. The number of aliphatic hydroxyl groups is 2. The summed E-state index contributed by atoms with van der Waals surface area (Å²) in [5.74, 6) is -0.0659. The van der Waals surface area contributed by atoms with E-state index in [1.165, 1.54) is 0 Å². The number of rotatable bonds is 2. The molecule has 0 aromatic heterocycles. The van der Waals surface area contributed by atoms with Gasteiger partial charge in [-0.15, -0.1) is 0 Å². The highest BCUT2D eigenvalue weighted by Gasteiger charge is 2.49. The van der Waals surface area contributed by atoms with E-state index in [1.54, 1.807) is 0 Å². The van der Waals surface area contributed by atoms with Crippen LogP contribution in [0.15, 0.2) is 0 Å². The smallest absolute Gasteiger partial charge is 0.320 e. The molecule has 104 valence electrons. The number of amides is 2. The normalized spacial score (nSPS) is 45.2. The third-order valence-electron chi connectivity index (χ3n) is 3.43. The highest BCUT2D eigenvalue weighted by molar-refractivity contribution is 5.75. The first-order valence-electron chi connectivity index (χ1n) is 5.87. The molecule has 0 aromatic carbocycles. The summed E-state index contributed by atoms with van der Waals surface area (Å²) in [6.07, 6.45) is -5.85. The fraction of sp³-hybridized carbons (Fsp3) is 0.900. The first kappa shape index (κ1) is 13.5. The monoisotopic (exact) mass is 262 g/mol. The van der Waals surface area contributed by atoms with Crippen molar-refractivity contribution in [3.8, 4) is 0 Å². The zero-order valence-electron chi connectivity index (χ0n) is 9.99. The number of urea groups is 1. The van der Waals surface area contributed by atoms with Gasteiger partial charge < -0.3 is 26.0 Å². The number of nitrogens with zero attached hydrogens (tertiary/aromatic N) is 1. The summed E-state index contributed by atoms with van der Waals surface area (Å²) < 4.78 is 19.0. The molecule has 0 saturated carbocycles. The summed E-state index contributed by atoms with van der Waals surface area (Å²) in [6.45, 7) is 1.56. The van der Waals surface area contributed by atoms with E-state index in [4.69, 9.17) is 15.6 Å². The molecule has 5 N–H and O–H groups in total. The van der Waals surface area contributed by atoms with Gasteiger partial charge in [-0.25, -0.2) is 9.18 Å². The van der Waals surface area contributed by atoms with Gasteiger partial charge in [-0.05, 0) is 0 Å². The average Bonchev–Trinajstić information content (AvgIpc) is 2.61. The van der Waals surface area contributed by atoms with Gasteiger partial charge in [-0.1, -0.05) is 6.92 Å². The molecule has 0 spiro atoms. The van der Waals surface area contributed by atoms with Crippen molar-refractivity contribution in [1.29, 1.82) is 0 Å². The maximum absolute atomic E-state index is 13.9. The van der Waals surface area contributed by atoms with Gasteiger partial charge in [-0.2, -0.15) is 0 Å². The first-order valence-corrected chi connectivity index (χ1v) is 5.87. The average molecular weight is 262 g/mol. The molecule has 8 heteroatoms. The molecule has 0 aromatic rings. The van der Waals surface area contributed by atoms with Crippen molar-refractivity contribution in [2.45, 2.75) is 37.7 Å². The molecule has 0 bridgehead atoms. The largest absolute Gasteiger partial charge is 0.394 e. The van der Waals surface area contributed by atoms with Gasteiger partial charge >= 0.3 is 6.03 Å². The molecular weight excluding hydrogens is 244 g/mol. The zero-order valence-corrected chi connectivity index (χ0v) is 9.99. The number of nitrogens with one attached hydrogen (secondary N) is 1. The minimum atomic E-state index is -1.74. The summed E-state index contributed by atoms with van der Waals surface area (Å²) in [4.78, 5) is 12.9. The SMILES string of the molecule is C[C@H]1CN([C@H]2O[C@@H](CO)[C@@H](O)[C@@H]2[18F])C(=O)N[C@H]1N. The van der Waals surface area contributed by atoms with Crippen molar-refractivity contribution in [2.24, 2.45) is 11.7 Å². The molecule has 6 atom stereocenters. The number of carbonyl (C=O) groups is 1. The Hall–Kier alpha value is -0.960. The Morgan fingerprint density at radius 3 is 2.89 bits per heavy atom. The van der Waals surface area contributed by atoms with Crippen LogP contribution in [0.1, 0.15) is 6.92 Å². The van der Waals surface area contributed by atoms with E-state index in [-0.39, 0.29) is 12.5 Å². The van der Waals surface area contributed by atoms with E-state index in [0.717, 1.165) is 4.90 Å². The Labute approximate surface area is 104 Å². The van der Waals surface area contributed by atoms with Gasteiger partial charge in [0.1, 0.15) is 12.2 Å². The van der Waals surface area contributed by atoms with Crippen LogP contribution in [-0.4, -0.2) is 65.1 Å². The topological polar surface area (TPSA) is 108 Å². The molecule has 2 amide bonds. The lowest BCUT2D eigenvalue weighted by Crippen LogP contribution is -2.63. The van der Waals surface area contributed by atoms with Crippen molar-refractivity contribution in [3.05, 3.63) is 0 Å². The third-order valence-corrected chi connectivity index (χ3v) is 3.43. The second-order valence-electron chi connectivity index (χ2n) is 4.79. The number of carbonyl (C=O) groups excluding carboxylic acids is 1. The van der Waals surface area contributed by atoms with Crippen molar-refractivity contribution in [2.75, 3.05) is 13.2 Å². The van der Waals surface area contributed by atoms with Crippen LogP contribution in [0.25, 0.3) is 0 Å². The van der Waals surface area contributed by atoms with E-state index >= 15 is 0 Å². The van der Waals surface area contributed by atoms with Crippen LogP contribution in [0.5, 0.6) is 0 Å². The minimum Gasteiger partial charge on any atom is -0.394 e. The van der Waals surface area contributed by atoms with Gasteiger partial charge in [0.05, 0.1) is 12.8 Å². The van der Waals surface area contributed by atoms with E-state index in [2.05, 4.69) is 5.32 Å². The number of alkyl halides is 1. The summed E-state index contributed by atoms with van der Waals surface area (Å²) in [7, 11) is 0. The van der Waals surface area contributed by atoms with Crippen molar-refractivity contribution in [3.63, 3.8) is 0 Å². The molecule has 2 rings (SSSR count). The van der Waals surface area contributed by atoms with E-state index in [0.29, 0.717) is 0 Å². The van der Waals surface area contributed by atoms with E-state index in [1.807, 2.05) is 6.92 Å². The fourth-order valence-electron chi connectivity index (χ4n) is 2.20. The second-order valence-corrected chi connectivity index (χ2v) is 4.79. The number of hydrogen-bond donors (Lipinski definition) is 4. The number of nitrogens with two attached hydrogens (primary N) is 1. The van der Waals surface area contributed by atoms with Crippen molar-refractivity contribution < 1.29 is 24.1 Å². The lowest BCUT2D eigenvalue weighted by atomic mass is 10.1. The molecule has 2 saturated heterocycles. The fourth-order valence-corrected chi connectivity index (χ4v) is 2.20. The number of halogens is 1. The predicted octanol–water partition coefficient (Wildman–Crippen LogP) is -1.65. The summed E-state index contributed by atoms with van der Waals surface area (Å²) in [6, 6.07) is -0.529. The lowest BCUT2D eigenvalue weighted by molar-refractivity contribution is -0.0791. The standard InChI is InChI=1S/C10H18FN3O4/c1-4-2-14(10(17)13-8(4)12)9-6(11)7(16)5(3-15)18-9/h4-9,15-16H,2-3,12H2,1H3,(H,13,17)/t4-,5-,6-,7+,8+,9-/m0/s1/i11-1. The van der Waals surface area contributed by atoms with Crippen LogP contribution in [0.3, 0.4) is 0 Å². The Balaban J connectivity index is 2.10. The summed E-state index contributed by atoms with van der Waals surface area (Å²) >= 11 is 0.